The standard InChI is InChI=1S/C15H29NO5.Li/c1-4-5-6-7-8-9-10-16(11-17,12(2)14(18)19)13(3)15(20)21;/h12-13,17H,4-11H2,1-3H3,(H-,18,19,20,21);/q;+1. The largest absolute Gasteiger partial charge is 1.00 e. The number of carbonyl (C=O) groups is 2. The van der Waals surface area contributed by atoms with E-state index in [0.29, 0.717) is 13.0 Å². The molecule has 22 heavy (non-hydrogen) atoms. The molecule has 2 N–H and O–H groups in total. The smallest absolute Gasteiger partial charge is 0.544 e. The monoisotopic (exact) mass is 310 g/mol. The number of aliphatic carboxylic acids is 2. The van der Waals surface area contributed by atoms with E-state index in [1.165, 1.54) is 20.3 Å². The van der Waals surface area contributed by atoms with Crippen LogP contribution in [0.3, 0.4) is 0 Å². The molecule has 0 radical (unpaired) electrons. The molecule has 7 heteroatoms. The van der Waals surface area contributed by atoms with Gasteiger partial charge in [0.05, 0.1) is 12.5 Å². The minimum atomic E-state index is -1.33. The molecular formula is C15H29LiNO5+. The SMILES string of the molecule is CCCCCCCC[N+](CO)(C(C)C(=O)[O-])C(C)C(=O)O.[Li+]. The first-order valence-corrected chi connectivity index (χ1v) is 7.74. The molecule has 0 spiro atoms. The quantitative estimate of drug-likeness (QED) is 0.183. The number of hydrogen-bond donors (Lipinski definition) is 2. The number of carboxylic acids is 2. The van der Waals surface area contributed by atoms with Gasteiger partial charge in [-0.2, -0.15) is 0 Å². The molecule has 124 valence electrons. The first kappa shape index (κ1) is 23.7. The van der Waals surface area contributed by atoms with Crippen LogP contribution in [0, 0.1) is 0 Å². The Morgan fingerprint density at radius 1 is 1.05 bits per heavy atom. The maximum absolute atomic E-state index is 11.3. The van der Waals surface area contributed by atoms with Gasteiger partial charge in [-0.25, -0.2) is 4.79 Å². The van der Waals surface area contributed by atoms with Crippen LogP contribution in [0.4, 0.5) is 0 Å². The number of aliphatic hydroxyl groups is 1. The first-order chi connectivity index (χ1) is 9.83. The number of carbonyl (C=O) groups excluding carboxylic acids is 1. The number of unbranched alkanes of at least 4 members (excludes halogenated alkanes) is 5. The molecule has 0 rings (SSSR count). The van der Waals surface area contributed by atoms with E-state index >= 15 is 0 Å². The minimum absolute atomic E-state index is 0. The second-order valence-corrected chi connectivity index (χ2v) is 5.74. The second kappa shape index (κ2) is 12.0. The molecule has 0 aromatic rings. The Bertz CT molecular complexity index is 318. The molecule has 6 nitrogen and oxygen atoms in total. The van der Waals surface area contributed by atoms with Crippen LogP contribution in [-0.4, -0.2) is 52.0 Å². The summed E-state index contributed by atoms with van der Waals surface area (Å²) in [5, 5.41) is 30.1. The average molecular weight is 310 g/mol. The molecule has 0 aliphatic carbocycles. The van der Waals surface area contributed by atoms with Crippen molar-refractivity contribution in [3.8, 4) is 0 Å². The van der Waals surface area contributed by atoms with Crippen LogP contribution >= 0.6 is 0 Å². The molecule has 3 unspecified atom stereocenters. The van der Waals surface area contributed by atoms with Gasteiger partial charge in [0.25, 0.3) is 0 Å². The van der Waals surface area contributed by atoms with Crippen LogP contribution < -0.4 is 24.0 Å². The van der Waals surface area contributed by atoms with Gasteiger partial charge >= 0.3 is 24.8 Å². The molecule has 0 saturated carbocycles. The molecule has 0 aromatic carbocycles. The minimum Gasteiger partial charge on any atom is -0.544 e. The molecular weight excluding hydrogens is 281 g/mol. The van der Waals surface area contributed by atoms with Gasteiger partial charge in [0.1, 0.15) is 6.04 Å². The molecule has 0 aliphatic rings. The molecule has 0 bridgehead atoms. The fraction of sp³-hybridized carbons (Fsp3) is 0.867. The summed E-state index contributed by atoms with van der Waals surface area (Å²) in [7, 11) is 0. The van der Waals surface area contributed by atoms with Crippen LogP contribution in [0.2, 0.25) is 0 Å². The third-order valence-corrected chi connectivity index (χ3v) is 4.43. The first-order valence-electron chi connectivity index (χ1n) is 7.74. The third-order valence-electron chi connectivity index (χ3n) is 4.43. The fourth-order valence-corrected chi connectivity index (χ4v) is 2.65. The second-order valence-electron chi connectivity index (χ2n) is 5.74. The Labute approximate surface area is 145 Å². The fourth-order valence-electron chi connectivity index (χ4n) is 2.65. The topological polar surface area (TPSA) is 97.7 Å². The van der Waals surface area contributed by atoms with Crippen molar-refractivity contribution in [2.24, 2.45) is 0 Å². The Kier molecular flexibility index (Phi) is 12.9. The van der Waals surface area contributed by atoms with E-state index in [4.69, 9.17) is 0 Å². The van der Waals surface area contributed by atoms with Gasteiger partial charge in [0.2, 0.25) is 0 Å². The van der Waals surface area contributed by atoms with Gasteiger partial charge in [-0.15, -0.1) is 0 Å². The summed E-state index contributed by atoms with van der Waals surface area (Å²) < 4.78 is -0.383. The van der Waals surface area contributed by atoms with Crippen LogP contribution in [0.25, 0.3) is 0 Å². The van der Waals surface area contributed by atoms with Crippen molar-refractivity contribution in [2.45, 2.75) is 71.4 Å². The maximum Gasteiger partial charge on any atom is 1.00 e. The van der Waals surface area contributed by atoms with Gasteiger partial charge in [-0.3, -0.25) is 4.48 Å². The van der Waals surface area contributed by atoms with Gasteiger partial charge in [0, 0.05) is 0 Å². The molecule has 0 amide bonds. The van der Waals surface area contributed by atoms with Crippen molar-refractivity contribution >= 4 is 11.9 Å². The Morgan fingerprint density at radius 2 is 1.55 bits per heavy atom. The van der Waals surface area contributed by atoms with E-state index in [-0.39, 0.29) is 23.3 Å². The zero-order valence-corrected chi connectivity index (χ0v) is 14.4. The summed E-state index contributed by atoms with van der Waals surface area (Å²) in [5.41, 5.74) is 0. The van der Waals surface area contributed by atoms with Crippen LogP contribution in [0.5, 0.6) is 0 Å². The number of nitrogens with zero attached hydrogens (tertiary/aromatic N) is 1. The van der Waals surface area contributed by atoms with E-state index in [1.807, 2.05) is 0 Å². The summed E-state index contributed by atoms with van der Waals surface area (Å²) in [6.45, 7) is 4.78. The Morgan fingerprint density at radius 3 is 1.95 bits per heavy atom. The molecule has 0 heterocycles. The van der Waals surface area contributed by atoms with E-state index in [9.17, 15) is 24.9 Å². The summed E-state index contributed by atoms with van der Waals surface area (Å²) in [5.74, 6) is -2.44. The number of quaternary nitrogens is 1. The van der Waals surface area contributed by atoms with Crippen molar-refractivity contribution in [3.63, 3.8) is 0 Å². The average Bonchev–Trinajstić information content (AvgIpc) is 2.45. The van der Waals surface area contributed by atoms with Gasteiger partial charge < -0.3 is 20.1 Å². The zero-order valence-electron chi connectivity index (χ0n) is 14.4. The number of rotatable bonds is 12. The molecule has 3 atom stereocenters. The molecule has 0 saturated heterocycles. The van der Waals surface area contributed by atoms with Crippen molar-refractivity contribution in [2.75, 3.05) is 13.3 Å². The number of aliphatic hydroxyl groups excluding tert-OH is 1. The van der Waals surface area contributed by atoms with E-state index < -0.39 is 30.8 Å². The van der Waals surface area contributed by atoms with Crippen molar-refractivity contribution in [1.82, 2.24) is 0 Å². The Hall–Kier alpha value is -0.543. The van der Waals surface area contributed by atoms with Crippen LogP contribution in [0.1, 0.15) is 59.3 Å². The van der Waals surface area contributed by atoms with E-state index in [1.54, 1.807) is 0 Å². The van der Waals surface area contributed by atoms with Gasteiger partial charge in [-0.05, 0) is 26.7 Å². The summed E-state index contributed by atoms with van der Waals surface area (Å²) >= 11 is 0. The zero-order chi connectivity index (χ0) is 16.5. The van der Waals surface area contributed by atoms with Gasteiger partial charge in [0.15, 0.2) is 12.8 Å². The number of carboxylic acid groups (broad SMARTS) is 2. The summed E-state index contributed by atoms with van der Waals surface area (Å²) in [6, 6.07) is -2.05. The molecule has 0 fully saturated rings. The third kappa shape index (κ3) is 6.70. The predicted molar refractivity (Wildman–Crippen MR) is 77.2 cm³/mol. The van der Waals surface area contributed by atoms with Crippen molar-refractivity contribution in [3.05, 3.63) is 0 Å². The number of hydrogen-bond acceptors (Lipinski definition) is 4. The maximum atomic E-state index is 11.3. The molecule has 0 aromatic heterocycles. The molecule has 0 aliphatic heterocycles. The Balaban J connectivity index is 0. The van der Waals surface area contributed by atoms with E-state index in [0.717, 1.165) is 25.7 Å². The van der Waals surface area contributed by atoms with Gasteiger partial charge in [-0.1, -0.05) is 32.6 Å². The van der Waals surface area contributed by atoms with E-state index in [2.05, 4.69) is 6.92 Å². The summed E-state index contributed by atoms with van der Waals surface area (Å²) in [6.07, 6.45) is 6.08. The summed E-state index contributed by atoms with van der Waals surface area (Å²) in [4.78, 5) is 22.4. The predicted octanol–water partition coefficient (Wildman–Crippen LogP) is -2.27. The van der Waals surface area contributed by atoms with Crippen molar-refractivity contribution < 1.29 is 48.3 Å². The normalized spacial score (nSPS) is 16.2. The van der Waals surface area contributed by atoms with Crippen LogP contribution in [0.15, 0.2) is 0 Å². The van der Waals surface area contributed by atoms with Crippen molar-refractivity contribution in [1.29, 1.82) is 0 Å². The van der Waals surface area contributed by atoms with Crippen LogP contribution in [-0.2, 0) is 9.59 Å².